The summed E-state index contributed by atoms with van der Waals surface area (Å²) in [5, 5.41) is 0. The van der Waals surface area contributed by atoms with Crippen LogP contribution in [0.25, 0.3) is 0 Å². The van der Waals surface area contributed by atoms with Gasteiger partial charge in [0.15, 0.2) is 0 Å². The van der Waals surface area contributed by atoms with E-state index in [1.165, 1.54) is 0 Å². The highest BCUT2D eigenvalue weighted by Gasteiger charge is 2.15. The predicted molar refractivity (Wildman–Crippen MR) is 47.8 cm³/mol. The lowest BCUT2D eigenvalue weighted by Crippen LogP contribution is -2.09. The summed E-state index contributed by atoms with van der Waals surface area (Å²) in [5.41, 5.74) is 0. The monoisotopic (exact) mass is 220 g/mol. The second kappa shape index (κ2) is 4.91. The third kappa shape index (κ3) is 3.89. The smallest absolute Gasteiger partial charge is 0.0776 e. The molecular formula is C8H13BrO2. The minimum atomic E-state index is 0.599. The first-order valence-corrected chi connectivity index (χ1v) is 4.57. The highest BCUT2D eigenvalue weighted by Crippen LogP contribution is 2.13. The van der Waals surface area contributed by atoms with Crippen LogP contribution >= 0.6 is 15.9 Å². The second-order valence-electron chi connectivity index (χ2n) is 2.76. The summed E-state index contributed by atoms with van der Waals surface area (Å²) in [6, 6.07) is 0. The Morgan fingerprint density at radius 3 is 3.09 bits per heavy atom. The summed E-state index contributed by atoms with van der Waals surface area (Å²) in [7, 11) is 0. The van der Waals surface area contributed by atoms with Crippen LogP contribution in [0.4, 0.5) is 0 Å². The maximum absolute atomic E-state index is 5.35. The summed E-state index contributed by atoms with van der Waals surface area (Å²) in [5.74, 6) is 0.599. The molecule has 0 saturated carbocycles. The van der Waals surface area contributed by atoms with Crippen LogP contribution in [0.5, 0.6) is 0 Å². The minimum Gasteiger partial charge on any atom is -0.381 e. The molecule has 1 fully saturated rings. The molecule has 2 nitrogen and oxygen atoms in total. The molecule has 1 aliphatic heterocycles. The molecular weight excluding hydrogens is 208 g/mol. The molecule has 64 valence electrons. The van der Waals surface area contributed by atoms with Crippen LogP contribution in [0.2, 0.25) is 0 Å². The summed E-state index contributed by atoms with van der Waals surface area (Å²) < 4.78 is 11.5. The normalized spacial score (nSPS) is 23.9. The lowest BCUT2D eigenvalue weighted by Gasteiger charge is -2.07. The van der Waals surface area contributed by atoms with Gasteiger partial charge in [-0.25, -0.2) is 0 Å². The SMILES string of the molecule is C=C(Br)COCC1CCOC1. The third-order valence-corrected chi connectivity index (χ3v) is 1.87. The first-order valence-electron chi connectivity index (χ1n) is 3.78. The van der Waals surface area contributed by atoms with Crippen molar-refractivity contribution in [3.63, 3.8) is 0 Å². The van der Waals surface area contributed by atoms with Crippen LogP contribution in [-0.2, 0) is 9.47 Å². The Balaban J connectivity index is 1.98. The van der Waals surface area contributed by atoms with Crippen LogP contribution in [0.15, 0.2) is 11.1 Å². The average molecular weight is 221 g/mol. The van der Waals surface area contributed by atoms with Gasteiger partial charge in [-0.2, -0.15) is 0 Å². The molecule has 1 heterocycles. The highest BCUT2D eigenvalue weighted by atomic mass is 79.9. The molecule has 1 atom stereocenters. The Morgan fingerprint density at radius 1 is 1.73 bits per heavy atom. The zero-order valence-electron chi connectivity index (χ0n) is 6.51. The van der Waals surface area contributed by atoms with Crippen LogP contribution in [0, 0.1) is 5.92 Å². The molecule has 0 N–H and O–H groups in total. The summed E-state index contributed by atoms with van der Waals surface area (Å²) in [6.07, 6.45) is 1.13. The topological polar surface area (TPSA) is 18.5 Å². The number of hydrogen-bond donors (Lipinski definition) is 0. The van der Waals surface area contributed by atoms with Gasteiger partial charge < -0.3 is 9.47 Å². The van der Waals surface area contributed by atoms with E-state index >= 15 is 0 Å². The maximum Gasteiger partial charge on any atom is 0.0776 e. The van der Waals surface area contributed by atoms with E-state index in [-0.39, 0.29) is 0 Å². The molecule has 0 aromatic carbocycles. The van der Waals surface area contributed by atoms with Gasteiger partial charge in [0.2, 0.25) is 0 Å². The molecule has 0 amide bonds. The molecule has 1 unspecified atom stereocenters. The zero-order valence-corrected chi connectivity index (χ0v) is 8.10. The van der Waals surface area contributed by atoms with E-state index in [2.05, 4.69) is 22.5 Å². The Hall–Kier alpha value is 0.140. The number of hydrogen-bond acceptors (Lipinski definition) is 2. The van der Waals surface area contributed by atoms with Gasteiger partial charge in [-0.05, 0) is 6.42 Å². The van der Waals surface area contributed by atoms with E-state index < -0.39 is 0 Å². The molecule has 1 rings (SSSR count). The van der Waals surface area contributed by atoms with E-state index in [4.69, 9.17) is 9.47 Å². The van der Waals surface area contributed by atoms with Crippen molar-refractivity contribution in [1.29, 1.82) is 0 Å². The fourth-order valence-corrected chi connectivity index (χ4v) is 1.21. The van der Waals surface area contributed by atoms with Gasteiger partial charge in [-0.3, -0.25) is 0 Å². The lowest BCUT2D eigenvalue weighted by atomic mass is 10.1. The molecule has 0 bridgehead atoms. The lowest BCUT2D eigenvalue weighted by molar-refractivity contribution is 0.107. The zero-order chi connectivity index (χ0) is 8.10. The minimum absolute atomic E-state index is 0.599. The van der Waals surface area contributed by atoms with Crippen molar-refractivity contribution >= 4 is 15.9 Å². The van der Waals surface area contributed by atoms with Crippen molar-refractivity contribution in [3.05, 3.63) is 11.1 Å². The molecule has 0 aromatic rings. The summed E-state index contributed by atoms with van der Waals surface area (Å²) in [6.45, 7) is 6.83. The fourth-order valence-electron chi connectivity index (χ4n) is 1.05. The number of halogens is 1. The Morgan fingerprint density at radius 2 is 2.55 bits per heavy atom. The average Bonchev–Trinajstić information content (AvgIpc) is 2.39. The molecule has 0 radical (unpaired) electrons. The molecule has 0 spiro atoms. The van der Waals surface area contributed by atoms with Gasteiger partial charge in [0.05, 0.1) is 19.8 Å². The van der Waals surface area contributed by atoms with Crippen molar-refractivity contribution in [2.75, 3.05) is 26.4 Å². The van der Waals surface area contributed by atoms with Gasteiger partial charge in [0, 0.05) is 17.0 Å². The largest absolute Gasteiger partial charge is 0.381 e. The molecule has 1 aliphatic rings. The van der Waals surface area contributed by atoms with E-state index in [0.29, 0.717) is 12.5 Å². The van der Waals surface area contributed by atoms with E-state index in [9.17, 15) is 0 Å². The quantitative estimate of drug-likeness (QED) is 0.722. The van der Waals surface area contributed by atoms with Gasteiger partial charge in [-0.15, -0.1) is 0 Å². The fraction of sp³-hybridized carbons (Fsp3) is 0.750. The van der Waals surface area contributed by atoms with E-state index in [1.54, 1.807) is 0 Å². The molecule has 11 heavy (non-hydrogen) atoms. The van der Waals surface area contributed by atoms with Gasteiger partial charge in [0.1, 0.15) is 0 Å². The Kier molecular flexibility index (Phi) is 4.12. The number of ether oxygens (including phenoxy) is 2. The Bertz CT molecular complexity index is 130. The predicted octanol–water partition coefficient (Wildman–Crippen LogP) is 1.95. The van der Waals surface area contributed by atoms with E-state index in [1.807, 2.05) is 0 Å². The van der Waals surface area contributed by atoms with Crippen molar-refractivity contribution in [2.45, 2.75) is 6.42 Å². The van der Waals surface area contributed by atoms with Gasteiger partial charge in [0.25, 0.3) is 0 Å². The van der Waals surface area contributed by atoms with E-state index in [0.717, 1.165) is 30.7 Å². The van der Waals surface area contributed by atoms with Gasteiger partial charge in [-0.1, -0.05) is 22.5 Å². The van der Waals surface area contributed by atoms with Crippen molar-refractivity contribution in [1.82, 2.24) is 0 Å². The molecule has 0 aromatic heterocycles. The molecule has 1 saturated heterocycles. The standard InChI is InChI=1S/C8H13BrO2/c1-7(9)4-11-6-8-2-3-10-5-8/h8H,1-6H2. The summed E-state index contributed by atoms with van der Waals surface area (Å²) >= 11 is 3.23. The van der Waals surface area contributed by atoms with Crippen LogP contribution in [0.3, 0.4) is 0 Å². The molecule has 0 aliphatic carbocycles. The molecule has 3 heteroatoms. The third-order valence-electron chi connectivity index (χ3n) is 1.64. The maximum atomic E-state index is 5.35. The number of rotatable bonds is 4. The van der Waals surface area contributed by atoms with Crippen molar-refractivity contribution < 1.29 is 9.47 Å². The Labute approximate surface area is 75.7 Å². The first-order chi connectivity index (χ1) is 5.29. The van der Waals surface area contributed by atoms with Gasteiger partial charge >= 0.3 is 0 Å². The first kappa shape index (κ1) is 9.23. The van der Waals surface area contributed by atoms with Crippen LogP contribution < -0.4 is 0 Å². The van der Waals surface area contributed by atoms with Crippen molar-refractivity contribution in [3.8, 4) is 0 Å². The second-order valence-corrected chi connectivity index (χ2v) is 3.88. The van der Waals surface area contributed by atoms with Crippen LogP contribution in [-0.4, -0.2) is 26.4 Å². The summed E-state index contributed by atoms with van der Waals surface area (Å²) in [4.78, 5) is 0. The van der Waals surface area contributed by atoms with Crippen LogP contribution in [0.1, 0.15) is 6.42 Å². The highest BCUT2D eigenvalue weighted by molar-refractivity contribution is 9.11. The van der Waals surface area contributed by atoms with Crippen molar-refractivity contribution in [2.24, 2.45) is 5.92 Å².